The van der Waals surface area contributed by atoms with Crippen molar-refractivity contribution in [3.05, 3.63) is 64.2 Å². The number of hydrogen-bond acceptors (Lipinski definition) is 1. The molecule has 0 atom stereocenters. The Labute approximate surface area is 154 Å². The van der Waals surface area contributed by atoms with Crippen LogP contribution in [0, 0.1) is 20.8 Å². The van der Waals surface area contributed by atoms with Crippen molar-refractivity contribution in [3.63, 3.8) is 0 Å². The van der Waals surface area contributed by atoms with Gasteiger partial charge in [0.15, 0.2) is 0 Å². The second-order valence-corrected chi connectivity index (χ2v) is 8.13. The van der Waals surface area contributed by atoms with E-state index in [-0.39, 0.29) is 29.8 Å². The predicted molar refractivity (Wildman–Crippen MR) is 96.7 cm³/mol. The van der Waals surface area contributed by atoms with Crippen LogP contribution in [-0.4, -0.2) is 5.52 Å². The van der Waals surface area contributed by atoms with Crippen LogP contribution in [-0.2, 0) is 5.41 Å². The van der Waals surface area contributed by atoms with Crippen molar-refractivity contribution in [2.75, 3.05) is 0 Å². The van der Waals surface area contributed by atoms with Gasteiger partial charge in [-0.25, -0.2) is 0 Å². The first-order valence-electron chi connectivity index (χ1n) is 7.63. The maximum absolute atomic E-state index is 12.7. The summed E-state index contributed by atoms with van der Waals surface area (Å²) in [7, 11) is 0.749. The zero-order valence-electron chi connectivity index (χ0n) is 15.3. The van der Waals surface area contributed by atoms with Gasteiger partial charge >= 0.3 is 18.9 Å². The predicted octanol–water partition coefficient (Wildman–Crippen LogP) is 2.33. The van der Waals surface area contributed by atoms with Crippen LogP contribution >= 0.6 is 8.58 Å². The van der Waals surface area contributed by atoms with Crippen molar-refractivity contribution in [2.45, 2.75) is 47.0 Å². The van der Waals surface area contributed by atoms with E-state index < -0.39 is 0 Å². The summed E-state index contributed by atoms with van der Waals surface area (Å²) in [6.07, 6.45) is 0. The van der Waals surface area contributed by atoms with E-state index in [0.29, 0.717) is 0 Å². The summed E-state index contributed by atoms with van der Waals surface area (Å²) in [4.78, 5) is 12.7. The third-order valence-corrected chi connectivity index (χ3v) is 4.86. The molecule has 2 rings (SSSR count). The first kappa shape index (κ1) is 20.2. The normalized spacial score (nSPS) is 11.6. The topological polar surface area (TPSA) is 17.1 Å². The summed E-state index contributed by atoms with van der Waals surface area (Å²) in [6, 6.07) is 12.5. The maximum atomic E-state index is 12.7. The molecule has 1 nitrogen and oxygen atoms in total. The molecule has 0 amide bonds. The van der Waals surface area contributed by atoms with Gasteiger partial charge < -0.3 is 13.4 Å². The molecule has 2 aromatic carbocycles. The van der Waals surface area contributed by atoms with E-state index in [0.717, 1.165) is 30.6 Å². The Balaban J connectivity index is 0.00000264. The van der Waals surface area contributed by atoms with Crippen LogP contribution in [0.1, 0.15) is 53.4 Å². The molecule has 3 heteroatoms. The van der Waals surface area contributed by atoms with Crippen molar-refractivity contribution in [1.29, 1.82) is 0 Å². The van der Waals surface area contributed by atoms with Crippen LogP contribution in [0.25, 0.3) is 0 Å². The van der Waals surface area contributed by atoms with Gasteiger partial charge in [0.2, 0.25) is 0 Å². The largest absolute Gasteiger partial charge is 1.00 e. The molecule has 0 fully saturated rings. The molecule has 0 N–H and O–H groups in total. The number of carbonyl (C=O) groups excluding carboxylic acids is 1. The molecular formula is C20H24LiOP. The average Bonchev–Trinajstić information content (AvgIpc) is 2.39. The van der Waals surface area contributed by atoms with Gasteiger partial charge in [0, 0.05) is 5.52 Å². The van der Waals surface area contributed by atoms with Crippen LogP contribution in [0.15, 0.2) is 36.4 Å². The van der Waals surface area contributed by atoms with Gasteiger partial charge in [-0.3, -0.25) is 0 Å². The summed E-state index contributed by atoms with van der Waals surface area (Å²) in [5.74, 6) is 0. The second-order valence-electron chi connectivity index (χ2n) is 6.99. The van der Waals surface area contributed by atoms with Crippen LogP contribution in [0.3, 0.4) is 0 Å². The van der Waals surface area contributed by atoms with Gasteiger partial charge in [-0.15, -0.1) is 0 Å². The SMILES string of the molecule is Cc1ccc([P-]C(=O)c2c(C)cc(C(C)(C)C)cc2C)cc1.[Li+]. The molecule has 0 aromatic heterocycles. The Kier molecular flexibility index (Phi) is 6.85. The summed E-state index contributed by atoms with van der Waals surface area (Å²) in [6.45, 7) is 12.7. The fourth-order valence-corrected chi connectivity index (χ4v) is 3.52. The van der Waals surface area contributed by atoms with Crippen LogP contribution in [0.2, 0.25) is 0 Å². The van der Waals surface area contributed by atoms with E-state index in [2.05, 4.69) is 52.0 Å². The van der Waals surface area contributed by atoms with Crippen LogP contribution < -0.4 is 24.2 Å². The molecule has 116 valence electrons. The molecule has 2 aromatic rings. The molecule has 0 unspecified atom stereocenters. The van der Waals surface area contributed by atoms with E-state index in [1.807, 2.05) is 26.0 Å². The standard InChI is InChI=1S/C20H24OP.Li/c1-13-7-9-17(10-8-13)22-19(21)18-14(2)11-16(12-15(18)3)20(4,5)6;/h7-12H,1-6H3;/q-1;+1. The molecule has 0 saturated carbocycles. The van der Waals surface area contributed by atoms with E-state index in [4.69, 9.17) is 0 Å². The number of carbonyl (C=O) groups is 1. The first-order chi connectivity index (χ1) is 10.2. The number of hydrogen-bond donors (Lipinski definition) is 0. The summed E-state index contributed by atoms with van der Waals surface area (Å²) >= 11 is 0. The third-order valence-electron chi connectivity index (χ3n) is 3.88. The van der Waals surface area contributed by atoms with E-state index in [9.17, 15) is 4.79 Å². The molecule has 0 aliphatic carbocycles. The molecule has 0 radical (unpaired) electrons. The number of aryl methyl sites for hydroxylation is 3. The summed E-state index contributed by atoms with van der Waals surface area (Å²) in [5.41, 5.74) is 5.81. The zero-order chi connectivity index (χ0) is 16.5. The van der Waals surface area contributed by atoms with Crippen LogP contribution in [0.5, 0.6) is 0 Å². The van der Waals surface area contributed by atoms with Gasteiger partial charge in [-0.2, -0.15) is 5.30 Å². The minimum Gasteiger partial charge on any atom is -0.426 e. The van der Waals surface area contributed by atoms with Gasteiger partial charge in [-0.1, -0.05) is 62.7 Å². The Morgan fingerprint density at radius 2 is 1.39 bits per heavy atom. The molecule has 0 heterocycles. The Bertz CT molecular complexity index is 674. The second kappa shape index (κ2) is 7.81. The van der Waals surface area contributed by atoms with Crippen molar-refractivity contribution in [3.8, 4) is 0 Å². The van der Waals surface area contributed by atoms with E-state index >= 15 is 0 Å². The zero-order valence-corrected chi connectivity index (χ0v) is 16.2. The van der Waals surface area contributed by atoms with E-state index in [1.54, 1.807) is 0 Å². The van der Waals surface area contributed by atoms with E-state index in [1.165, 1.54) is 11.1 Å². The fraction of sp³-hybridized carbons (Fsp3) is 0.350. The first-order valence-corrected chi connectivity index (χ1v) is 8.52. The minimum atomic E-state index is 0. The summed E-state index contributed by atoms with van der Waals surface area (Å²) < 4.78 is 0. The van der Waals surface area contributed by atoms with Crippen LogP contribution in [0.4, 0.5) is 0 Å². The summed E-state index contributed by atoms with van der Waals surface area (Å²) in [5, 5.41) is 1.05. The molecule has 23 heavy (non-hydrogen) atoms. The third kappa shape index (κ3) is 5.05. The number of rotatable bonds is 3. The molecular weight excluding hydrogens is 294 g/mol. The Morgan fingerprint density at radius 1 is 0.913 bits per heavy atom. The number of benzene rings is 2. The minimum absolute atomic E-state index is 0. The molecule has 0 saturated heterocycles. The Hall–Kier alpha value is -0.863. The quantitative estimate of drug-likeness (QED) is 0.627. The maximum Gasteiger partial charge on any atom is 1.00 e. The van der Waals surface area contributed by atoms with Gasteiger partial charge in [0.1, 0.15) is 0 Å². The molecule has 0 bridgehead atoms. The van der Waals surface area contributed by atoms with Crippen molar-refractivity contribution >= 4 is 19.4 Å². The molecule has 0 aliphatic rings. The fourth-order valence-electron chi connectivity index (χ4n) is 2.53. The molecule has 0 spiro atoms. The van der Waals surface area contributed by atoms with Crippen molar-refractivity contribution in [2.24, 2.45) is 0 Å². The van der Waals surface area contributed by atoms with Crippen molar-refractivity contribution in [1.82, 2.24) is 0 Å². The van der Waals surface area contributed by atoms with Gasteiger partial charge in [0.25, 0.3) is 0 Å². The average molecular weight is 318 g/mol. The Morgan fingerprint density at radius 3 is 1.83 bits per heavy atom. The molecule has 0 aliphatic heterocycles. The smallest absolute Gasteiger partial charge is 0.426 e. The van der Waals surface area contributed by atoms with Crippen molar-refractivity contribution < 1.29 is 23.7 Å². The van der Waals surface area contributed by atoms with Gasteiger partial charge in [0.05, 0.1) is 0 Å². The van der Waals surface area contributed by atoms with Gasteiger partial charge in [-0.05, 0) is 48.4 Å². The monoisotopic (exact) mass is 318 g/mol.